The Hall–Kier alpha value is -0.830. The molecule has 1 aliphatic carbocycles. The van der Waals surface area contributed by atoms with E-state index in [1.807, 2.05) is 10.9 Å². The summed E-state index contributed by atoms with van der Waals surface area (Å²) in [6.07, 6.45) is 8.61. The number of aryl methyl sites for hydroxylation is 2. The Morgan fingerprint density at radius 2 is 2.15 bits per heavy atom. The molecule has 1 N–H and O–H groups in total. The van der Waals surface area contributed by atoms with Crippen molar-refractivity contribution < 1.29 is 0 Å². The van der Waals surface area contributed by atoms with Crippen molar-refractivity contribution in [3.63, 3.8) is 0 Å². The van der Waals surface area contributed by atoms with E-state index in [9.17, 15) is 0 Å². The van der Waals surface area contributed by atoms with E-state index in [1.54, 1.807) is 0 Å². The number of nitrogens with one attached hydrogen (secondary N) is 1. The van der Waals surface area contributed by atoms with Gasteiger partial charge in [0.15, 0.2) is 0 Å². The second kappa shape index (κ2) is 7.26. The highest BCUT2D eigenvalue weighted by Crippen LogP contribution is 2.36. The van der Waals surface area contributed by atoms with Gasteiger partial charge in [-0.25, -0.2) is 0 Å². The summed E-state index contributed by atoms with van der Waals surface area (Å²) in [4.78, 5) is 0. The van der Waals surface area contributed by atoms with Crippen LogP contribution in [0.25, 0.3) is 0 Å². The van der Waals surface area contributed by atoms with Crippen molar-refractivity contribution in [2.75, 3.05) is 6.54 Å². The van der Waals surface area contributed by atoms with Gasteiger partial charge < -0.3 is 5.32 Å². The lowest BCUT2D eigenvalue weighted by molar-refractivity contribution is 0.172. The van der Waals surface area contributed by atoms with Gasteiger partial charge in [0, 0.05) is 25.0 Å². The van der Waals surface area contributed by atoms with Crippen molar-refractivity contribution >= 4 is 0 Å². The summed E-state index contributed by atoms with van der Waals surface area (Å²) in [6, 6.07) is 2.76. The predicted octanol–water partition coefficient (Wildman–Crippen LogP) is 3.40. The van der Waals surface area contributed by atoms with Gasteiger partial charge in [0.05, 0.1) is 0 Å². The fourth-order valence-electron chi connectivity index (χ4n) is 3.55. The number of aromatic nitrogens is 2. The molecule has 0 bridgehead atoms. The van der Waals surface area contributed by atoms with E-state index in [-0.39, 0.29) is 0 Å². The molecule has 114 valence electrons. The Bertz CT molecular complexity index is 397. The van der Waals surface area contributed by atoms with Crippen molar-refractivity contribution in [1.29, 1.82) is 0 Å². The molecule has 3 atom stereocenters. The van der Waals surface area contributed by atoms with E-state index in [1.165, 1.54) is 44.3 Å². The lowest BCUT2D eigenvalue weighted by atomic mass is 9.72. The Balaban J connectivity index is 1.88. The average Bonchev–Trinajstić information content (AvgIpc) is 2.80. The van der Waals surface area contributed by atoms with Crippen LogP contribution in [-0.2, 0) is 13.5 Å². The third-order valence-electron chi connectivity index (χ3n) is 4.88. The van der Waals surface area contributed by atoms with Crippen LogP contribution in [0.1, 0.15) is 52.1 Å². The SMILES string of the molecule is CC1CCC(CNC(C)C)C(CCc2ccnn2C)C1. The van der Waals surface area contributed by atoms with Gasteiger partial charge in [0.1, 0.15) is 0 Å². The van der Waals surface area contributed by atoms with Gasteiger partial charge in [-0.3, -0.25) is 4.68 Å². The third-order valence-corrected chi connectivity index (χ3v) is 4.88. The molecular weight excluding hydrogens is 246 g/mol. The Morgan fingerprint density at radius 1 is 1.35 bits per heavy atom. The minimum Gasteiger partial charge on any atom is -0.314 e. The molecular formula is C17H31N3. The van der Waals surface area contributed by atoms with Crippen LogP contribution >= 0.6 is 0 Å². The zero-order valence-electron chi connectivity index (χ0n) is 13.6. The third kappa shape index (κ3) is 4.34. The molecule has 0 spiro atoms. The highest BCUT2D eigenvalue weighted by atomic mass is 15.2. The van der Waals surface area contributed by atoms with Crippen LogP contribution in [0.5, 0.6) is 0 Å². The molecule has 3 unspecified atom stereocenters. The van der Waals surface area contributed by atoms with Crippen molar-refractivity contribution in [1.82, 2.24) is 15.1 Å². The first-order chi connectivity index (χ1) is 9.56. The zero-order valence-corrected chi connectivity index (χ0v) is 13.6. The van der Waals surface area contributed by atoms with Crippen LogP contribution in [-0.4, -0.2) is 22.4 Å². The minimum atomic E-state index is 0.604. The first kappa shape index (κ1) is 15.6. The van der Waals surface area contributed by atoms with Crippen molar-refractivity contribution in [3.8, 4) is 0 Å². The van der Waals surface area contributed by atoms with E-state index in [0.29, 0.717) is 6.04 Å². The Labute approximate surface area is 124 Å². The topological polar surface area (TPSA) is 29.9 Å². The maximum Gasteiger partial charge on any atom is 0.0492 e. The van der Waals surface area contributed by atoms with Crippen LogP contribution < -0.4 is 5.32 Å². The highest BCUT2D eigenvalue weighted by molar-refractivity contribution is 5.00. The monoisotopic (exact) mass is 277 g/mol. The smallest absolute Gasteiger partial charge is 0.0492 e. The number of rotatable bonds is 6. The fraction of sp³-hybridized carbons (Fsp3) is 0.824. The van der Waals surface area contributed by atoms with Gasteiger partial charge >= 0.3 is 0 Å². The number of nitrogens with zero attached hydrogens (tertiary/aromatic N) is 2. The molecule has 0 saturated heterocycles. The quantitative estimate of drug-likeness (QED) is 0.863. The van der Waals surface area contributed by atoms with Crippen LogP contribution in [0, 0.1) is 17.8 Å². The average molecular weight is 277 g/mol. The lowest BCUT2D eigenvalue weighted by Crippen LogP contribution is -2.35. The van der Waals surface area contributed by atoms with Crippen molar-refractivity contribution in [2.24, 2.45) is 24.8 Å². The fourth-order valence-corrected chi connectivity index (χ4v) is 3.55. The van der Waals surface area contributed by atoms with E-state index in [4.69, 9.17) is 0 Å². The van der Waals surface area contributed by atoms with Crippen LogP contribution in [0.2, 0.25) is 0 Å². The number of hydrogen-bond donors (Lipinski definition) is 1. The van der Waals surface area contributed by atoms with E-state index in [2.05, 4.69) is 44.3 Å². The largest absolute Gasteiger partial charge is 0.314 e. The summed E-state index contributed by atoms with van der Waals surface area (Å²) in [6.45, 7) is 8.11. The molecule has 2 rings (SSSR count). The van der Waals surface area contributed by atoms with Gasteiger partial charge in [-0.2, -0.15) is 5.10 Å². The molecule has 0 amide bonds. The molecule has 1 aromatic rings. The van der Waals surface area contributed by atoms with Crippen LogP contribution in [0.3, 0.4) is 0 Å². The zero-order chi connectivity index (χ0) is 14.5. The molecule has 20 heavy (non-hydrogen) atoms. The summed E-state index contributed by atoms with van der Waals surface area (Å²) >= 11 is 0. The molecule has 1 saturated carbocycles. The van der Waals surface area contributed by atoms with Gasteiger partial charge in [-0.1, -0.05) is 27.2 Å². The number of hydrogen-bond acceptors (Lipinski definition) is 2. The standard InChI is InChI=1S/C17H31N3/c1-13(2)18-12-16-6-5-14(3)11-15(16)7-8-17-9-10-19-20(17)4/h9-10,13-16,18H,5-8,11-12H2,1-4H3. The summed E-state index contributed by atoms with van der Waals surface area (Å²) in [5.41, 5.74) is 1.37. The predicted molar refractivity (Wildman–Crippen MR) is 84.7 cm³/mol. The normalized spacial score (nSPS) is 27.1. The lowest BCUT2D eigenvalue weighted by Gasteiger charge is -2.35. The van der Waals surface area contributed by atoms with Gasteiger partial charge in [-0.05, 0) is 56.0 Å². The van der Waals surface area contributed by atoms with Gasteiger partial charge in [0.2, 0.25) is 0 Å². The molecule has 1 aliphatic rings. The molecule has 3 heteroatoms. The first-order valence-corrected chi connectivity index (χ1v) is 8.26. The van der Waals surface area contributed by atoms with Gasteiger partial charge in [-0.15, -0.1) is 0 Å². The van der Waals surface area contributed by atoms with Crippen LogP contribution in [0.15, 0.2) is 12.3 Å². The van der Waals surface area contributed by atoms with E-state index >= 15 is 0 Å². The molecule has 0 radical (unpaired) electrons. The molecule has 0 aromatic carbocycles. The molecule has 1 fully saturated rings. The molecule has 1 aromatic heterocycles. The van der Waals surface area contributed by atoms with E-state index in [0.717, 1.165) is 17.8 Å². The van der Waals surface area contributed by atoms with Gasteiger partial charge in [0.25, 0.3) is 0 Å². The second-order valence-corrected chi connectivity index (χ2v) is 6.99. The maximum absolute atomic E-state index is 4.28. The minimum absolute atomic E-state index is 0.604. The first-order valence-electron chi connectivity index (χ1n) is 8.26. The van der Waals surface area contributed by atoms with Crippen LogP contribution in [0.4, 0.5) is 0 Å². The second-order valence-electron chi connectivity index (χ2n) is 6.99. The van der Waals surface area contributed by atoms with E-state index < -0.39 is 0 Å². The van der Waals surface area contributed by atoms with Crippen molar-refractivity contribution in [3.05, 3.63) is 18.0 Å². The molecule has 1 heterocycles. The highest BCUT2D eigenvalue weighted by Gasteiger charge is 2.28. The molecule has 3 nitrogen and oxygen atoms in total. The summed E-state index contributed by atoms with van der Waals surface area (Å²) < 4.78 is 2.02. The summed E-state index contributed by atoms with van der Waals surface area (Å²) in [5, 5.41) is 7.93. The van der Waals surface area contributed by atoms with Crippen molar-refractivity contribution in [2.45, 2.75) is 58.9 Å². The Morgan fingerprint density at radius 3 is 2.80 bits per heavy atom. The summed E-state index contributed by atoms with van der Waals surface area (Å²) in [5.74, 6) is 2.64. The Kier molecular flexibility index (Phi) is 5.64. The maximum atomic E-state index is 4.28. The summed E-state index contributed by atoms with van der Waals surface area (Å²) in [7, 11) is 2.05. The molecule has 0 aliphatic heterocycles.